The average molecular weight is 192 g/mol. The molecule has 0 aromatic carbocycles. The van der Waals surface area contributed by atoms with E-state index in [1.165, 1.54) is 18.4 Å². The molecule has 0 amide bonds. The van der Waals surface area contributed by atoms with E-state index in [0.29, 0.717) is 11.7 Å². The molecule has 0 spiro atoms. The van der Waals surface area contributed by atoms with Crippen LogP contribution in [0.2, 0.25) is 0 Å². The molecule has 0 saturated carbocycles. The third-order valence-corrected chi connectivity index (χ3v) is 2.63. The van der Waals surface area contributed by atoms with E-state index in [9.17, 15) is 0 Å². The predicted octanol–water partition coefficient (Wildman–Crippen LogP) is 1.63. The van der Waals surface area contributed by atoms with E-state index >= 15 is 0 Å². The van der Waals surface area contributed by atoms with Gasteiger partial charge in [0.05, 0.1) is 0 Å². The normalized spacial score (nSPS) is 22.1. The molecule has 1 unspecified atom stereocenters. The van der Waals surface area contributed by atoms with Crippen LogP contribution in [0.1, 0.15) is 18.4 Å². The van der Waals surface area contributed by atoms with Crippen LogP contribution in [-0.2, 0) is 11.2 Å². The standard InChI is InChI=1S/C11H16N2O/c12-11-4-3-9(7-13-11)6-10-2-1-5-14-8-10/h3-4,7,10H,1-2,5-6,8H2,(H2,12,13). The third-order valence-electron chi connectivity index (χ3n) is 2.63. The van der Waals surface area contributed by atoms with Gasteiger partial charge in [-0.1, -0.05) is 6.07 Å². The molecule has 2 heterocycles. The van der Waals surface area contributed by atoms with E-state index < -0.39 is 0 Å². The number of nitrogen functional groups attached to an aromatic ring is 1. The van der Waals surface area contributed by atoms with Crippen molar-refractivity contribution in [1.29, 1.82) is 0 Å². The maximum Gasteiger partial charge on any atom is 0.123 e. The van der Waals surface area contributed by atoms with Gasteiger partial charge in [-0.25, -0.2) is 4.98 Å². The first kappa shape index (κ1) is 9.46. The Labute approximate surface area is 84.3 Å². The molecule has 1 atom stereocenters. The van der Waals surface area contributed by atoms with E-state index in [1.807, 2.05) is 12.3 Å². The summed E-state index contributed by atoms with van der Waals surface area (Å²) in [6.07, 6.45) is 5.38. The van der Waals surface area contributed by atoms with Crippen molar-refractivity contribution >= 4 is 5.82 Å². The van der Waals surface area contributed by atoms with Crippen molar-refractivity contribution in [3.05, 3.63) is 23.9 Å². The van der Waals surface area contributed by atoms with E-state index in [-0.39, 0.29) is 0 Å². The molecule has 1 aromatic rings. The van der Waals surface area contributed by atoms with Crippen molar-refractivity contribution in [2.45, 2.75) is 19.3 Å². The molecule has 14 heavy (non-hydrogen) atoms. The summed E-state index contributed by atoms with van der Waals surface area (Å²) in [6.45, 7) is 1.82. The SMILES string of the molecule is Nc1ccc(CC2CCCOC2)cn1. The van der Waals surface area contributed by atoms with E-state index in [1.54, 1.807) is 0 Å². The summed E-state index contributed by atoms with van der Waals surface area (Å²) in [4.78, 5) is 4.08. The van der Waals surface area contributed by atoms with Gasteiger partial charge < -0.3 is 10.5 Å². The largest absolute Gasteiger partial charge is 0.384 e. The molecule has 2 rings (SSSR count). The highest BCUT2D eigenvalue weighted by Crippen LogP contribution is 2.18. The highest BCUT2D eigenvalue weighted by Gasteiger charge is 2.14. The van der Waals surface area contributed by atoms with E-state index in [4.69, 9.17) is 10.5 Å². The number of aromatic nitrogens is 1. The molecular weight excluding hydrogens is 176 g/mol. The minimum Gasteiger partial charge on any atom is -0.384 e. The van der Waals surface area contributed by atoms with Crippen LogP contribution < -0.4 is 5.73 Å². The second-order valence-electron chi connectivity index (χ2n) is 3.88. The Morgan fingerprint density at radius 3 is 3.07 bits per heavy atom. The van der Waals surface area contributed by atoms with Crippen LogP contribution in [0.15, 0.2) is 18.3 Å². The van der Waals surface area contributed by atoms with Gasteiger partial charge in [0, 0.05) is 19.4 Å². The molecule has 1 saturated heterocycles. The molecule has 3 nitrogen and oxygen atoms in total. The molecule has 76 valence electrons. The lowest BCUT2D eigenvalue weighted by Gasteiger charge is -2.21. The summed E-state index contributed by atoms with van der Waals surface area (Å²) < 4.78 is 5.43. The lowest BCUT2D eigenvalue weighted by molar-refractivity contribution is 0.0550. The number of rotatable bonds is 2. The van der Waals surface area contributed by atoms with Gasteiger partial charge >= 0.3 is 0 Å². The van der Waals surface area contributed by atoms with Crippen molar-refractivity contribution in [3.63, 3.8) is 0 Å². The molecule has 1 aromatic heterocycles. The number of pyridine rings is 1. The summed E-state index contributed by atoms with van der Waals surface area (Å²) in [5, 5.41) is 0. The summed E-state index contributed by atoms with van der Waals surface area (Å²) >= 11 is 0. The Morgan fingerprint density at radius 2 is 2.43 bits per heavy atom. The molecule has 3 heteroatoms. The fourth-order valence-electron chi connectivity index (χ4n) is 1.86. The summed E-state index contributed by atoms with van der Waals surface area (Å²) in [5.74, 6) is 1.25. The van der Waals surface area contributed by atoms with Crippen LogP contribution in [0.5, 0.6) is 0 Å². The fraction of sp³-hybridized carbons (Fsp3) is 0.545. The molecule has 2 N–H and O–H groups in total. The first-order chi connectivity index (χ1) is 6.84. The lowest BCUT2D eigenvalue weighted by Crippen LogP contribution is -2.19. The van der Waals surface area contributed by atoms with E-state index in [2.05, 4.69) is 11.1 Å². The number of ether oxygens (including phenoxy) is 1. The lowest BCUT2D eigenvalue weighted by atomic mass is 9.95. The molecule has 0 bridgehead atoms. The van der Waals surface area contributed by atoms with Crippen LogP contribution in [-0.4, -0.2) is 18.2 Å². The number of hydrogen-bond donors (Lipinski definition) is 1. The third kappa shape index (κ3) is 2.45. The number of hydrogen-bond acceptors (Lipinski definition) is 3. The van der Waals surface area contributed by atoms with Crippen molar-refractivity contribution in [1.82, 2.24) is 4.98 Å². The van der Waals surface area contributed by atoms with Crippen LogP contribution >= 0.6 is 0 Å². The zero-order valence-electron chi connectivity index (χ0n) is 8.28. The summed E-state index contributed by atoms with van der Waals surface area (Å²) in [7, 11) is 0. The van der Waals surface area contributed by atoms with Gasteiger partial charge in [-0.15, -0.1) is 0 Å². The first-order valence-corrected chi connectivity index (χ1v) is 5.13. The monoisotopic (exact) mass is 192 g/mol. The predicted molar refractivity (Wildman–Crippen MR) is 55.9 cm³/mol. The zero-order chi connectivity index (χ0) is 9.80. The highest BCUT2D eigenvalue weighted by atomic mass is 16.5. The van der Waals surface area contributed by atoms with Gasteiger partial charge in [0.15, 0.2) is 0 Å². The minimum absolute atomic E-state index is 0.591. The van der Waals surface area contributed by atoms with Crippen molar-refractivity contribution < 1.29 is 4.74 Å². The smallest absolute Gasteiger partial charge is 0.123 e. The minimum atomic E-state index is 0.591. The van der Waals surface area contributed by atoms with Crippen LogP contribution in [0, 0.1) is 5.92 Å². The van der Waals surface area contributed by atoms with E-state index in [0.717, 1.165) is 19.6 Å². The zero-order valence-corrected chi connectivity index (χ0v) is 8.28. The van der Waals surface area contributed by atoms with Gasteiger partial charge in [0.25, 0.3) is 0 Å². The number of nitrogens with zero attached hydrogens (tertiary/aromatic N) is 1. The van der Waals surface area contributed by atoms with Crippen molar-refractivity contribution in [3.8, 4) is 0 Å². The van der Waals surface area contributed by atoms with Crippen molar-refractivity contribution in [2.75, 3.05) is 18.9 Å². The molecule has 0 radical (unpaired) electrons. The first-order valence-electron chi connectivity index (χ1n) is 5.13. The molecule has 1 aliphatic heterocycles. The van der Waals surface area contributed by atoms with Crippen LogP contribution in [0.25, 0.3) is 0 Å². The van der Waals surface area contributed by atoms with Crippen LogP contribution in [0.4, 0.5) is 5.82 Å². The van der Waals surface area contributed by atoms with Gasteiger partial charge in [0.1, 0.15) is 5.82 Å². The molecule has 1 aliphatic rings. The Hall–Kier alpha value is -1.09. The van der Waals surface area contributed by atoms with Crippen LogP contribution in [0.3, 0.4) is 0 Å². The van der Waals surface area contributed by atoms with Gasteiger partial charge in [0.2, 0.25) is 0 Å². The number of nitrogens with two attached hydrogens (primary N) is 1. The Balaban J connectivity index is 1.92. The molecular formula is C11H16N2O. The Bertz CT molecular complexity index is 278. The van der Waals surface area contributed by atoms with Gasteiger partial charge in [-0.2, -0.15) is 0 Å². The quantitative estimate of drug-likeness (QED) is 0.774. The highest BCUT2D eigenvalue weighted by molar-refractivity contribution is 5.29. The van der Waals surface area contributed by atoms with Crippen molar-refractivity contribution in [2.24, 2.45) is 5.92 Å². The second kappa shape index (κ2) is 4.42. The summed E-state index contributed by atoms with van der Waals surface area (Å²) in [6, 6.07) is 3.91. The van der Waals surface area contributed by atoms with Gasteiger partial charge in [-0.05, 0) is 36.8 Å². The Morgan fingerprint density at radius 1 is 1.50 bits per heavy atom. The number of anilines is 1. The topological polar surface area (TPSA) is 48.1 Å². The van der Waals surface area contributed by atoms with Gasteiger partial charge in [-0.3, -0.25) is 0 Å². The maximum atomic E-state index is 5.52. The average Bonchev–Trinajstić information content (AvgIpc) is 2.23. The molecule has 0 aliphatic carbocycles. The summed E-state index contributed by atoms with van der Waals surface area (Å²) in [5.41, 5.74) is 6.78. The molecule has 1 fully saturated rings. The fourth-order valence-corrected chi connectivity index (χ4v) is 1.86. The second-order valence-corrected chi connectivity index (χ2v) is 3.88. The Kier molecular flexibility index (Phi) is 2.99. The maximum absolute atomic E-state index is 5.52.